The fraction of sp³-hybridized carbons (Fsp3) is 0.771. The number of nitrogens with zero attached hydrogens (tertiary/aromatic N) is 3. The molecule has 0 aliphatic carbocycles. The number of ketones is 1. The van der Waals surface area contributed by atoms with Crippen molar-refractivity contribution in [1.29, 1.82) is 0 Å². The van der Waals surface area contributed by atoms with Crippen molar-refractivity contribution in [1.82, 2.24) is 25.3 Å². The molecular weight excluding hydrogens is 759 g/mol. The summed E-state index contributed by atoms with van der Waals surface area (Å²) in [5.74, 6) is -2.02. The molecule has 1 fully saturated rings. The number of hydrogen-bond acceptors (Lipinski definition) is 8. The van der Waals surface area contributed by atoms with Gasteiger partial charge in [0.1, 0.15) is 11.8 Å². The Balaban J connectivity index is 2.29. The highest BCUT2D eigenvalue weighted by molar-refractivity contribution is 5.90. The highest BCUT2D eigenvalue weighted by atomic mass is 16.5. The van der Waals surface area contributed by atoms with Gasteiger partial charge in [0.05, 0.1) is 36.8 Å². The topological polar surface area (TPSA) is 138 Å². The lowest BCUT2D eigenvalue weighted by molar-refractivity contribution is -0.148. The Morgan fingerprint density at radius 3 is 2.03 bits per heavy atom. The molecule has 12 heteroatoms. The molecule has 4 amide bonds. The molecule has 1 aliphatic heterocycles. The largest absolute Gasteiger partial charge is 0.379 e. The standard InChI is InChI=1S/C48H83N5O7/c1-16-33(6)43(52(13)47(58)41(31(2)3)50-46(57)42(32(4)5)51(11)12)39(59-14)30-40(55)53-27-20-24-37(53)44(60-15)34(7)38(54)29-36(28-35-22-18-17-19-23-35)45(56)49-26-21-25-48(8,9)10/h17-19,22-23,31-34,36-37,39,41-44H,16,20-21,24-30H2,1-15H3,(H,49,56)(H,50,57)/t33-,34-,36+,37-,39+,41-,42-,43-,44+/m0/s1. The average Bonchev–Trinajstić information content (AvgIpc) is 3.67. The van der Waals surface area contributed by atoms with Crippen LogP contribution in [0.25, 0.3) is 0 Å². The second-order valence-corrected chi connectivity index (χ2v) is 19.5. The summed E-state index contributed by atoms with van der Waals surface area (Å²) in [6.45, 7) is 21.4. The molecule has 1 aliphatic rings. The predicted octanol–water partition coefficient (Wildman–Crippen LogP) is 6.39. The first-order valence-corrected chi connectivity index (χ1v) is 22.5. The van der Waals surface area contributed by atoms with Crippen molar-refractivity contribution < 1.29 is 33.4 Å². The number of likely N-dealkylation sites (tertiary alicyclic amines) is 1. The van der Waals surface area contributed by atoms with Crippen LogP contribution in [-0.4, -0.2) is 129 Å². The van der Waals surface area contributed by atoms with Crippen LogP contribution < -0.4 is 10.6 Å². The summed E-state index contributed by atoms with van der Waals surface area (Å²) in [5, 5.41) is 6.15. The molecule has 2 rings (SSSR count). The van der Waals surface area contributed by atoms with Crippen molar-refractivity contribution in [3.8, 4) is 0 Å². The van der Waals surface area contributed by atoms with Gasteiger partial charge in [-0.25, -0.2) is 0 Å². The van der Waals surface area contributed by atoms with Gasteiger partial charge in [-0.05, 0) is 74.9 Å². The first-order valence-electron chi connectivity index (χ1n) is 22.5. The van der Waals surface area contributed by atoms with Crippen LogP contribution in [-0.2, 0) is 39.9 Å². The highest BCUT2D eigenvalue weighted by Gasteiger charge is 2.43. The zero-order valence-electron chi connectivity index (χ0n) is 40.0. The van der Waals surface area contributed by atoms with Gasteiger partial charge in [-0.15, -0.1) is 0 Å². The molecule has 0 bridgehead atoms. The van der Waals surface area contributed by atoms with Crippen molar-refractivity contribution >= 4 is 29.4 Å². The van der Waals surface area contributed by atoms with Crippen LogP contribution in [0.5, 0.6) is 0 Å². The molecule has 60 heavy (non-hydrogen) atoms. The molecule has 1 saturated heterocycles. The summed E-state index contributed by atoms with van der Waals surface area (Å²) < 4.78 is 12.1. The Bertz CT molecular complexity index is 1490. The van der Waals surface area contributed by atoms with Crippen molar-refractivity contribution in [3.63, 3.8) is 0 Å². The third-order valence-electron chi connectivity index (χ3n) is 12.6. The Kier molecular flexibility index (Phi) is 21.9. The summed E-state index contributed by atoms with van der Waals surface area (Å²) in [6.07, 6.45) is 3.35. The summed E-state index contributed by atoms with van der Waals surface area (Å²) in [5.41, 5.74) is 1.16. The Labute approximate surface area is 363 Å². The zero-order chi connectivity index (χ0) is 45.5. The molecule has 0 unspecified atom stereocenters. The number of methoxy groups -OCH3 is 2. The molecule has 342 valence electrons. The molecule has 2 N–H and O–H groups in total. The molecule has 1 aromatic rings. The van der Waals surface area contributed by atoms with E-state index in [4.69, 9.17) is 9.47 Å². The summed E-state index contributed by atoms with van der Waals surface area (Å²) in [6, 6.07) is 7.82. The summed E-state index contributed by atoms with van der Waals surface area (Å²) in [4.78, 5) is 75.3. The molecule has 9 atom stereocenters. The third-order valence-corrected chi connectivity index (χ3v) is 12.6. The molecule has 0 saturated carbocycles. The fourth-order valence-electron chi connectivity index (χ4n) is 9.00. The minimum absolute atomic E-state index is 0.0244. The van der Waals surface area contributed by atoms with Crippen LogP contribution in [0.15, 0.2) is 30.3 Å². The maximum Gasteiger partial charge on any atom is 0.245 e. The highest BCUT2D eigenvalue weighted by Crippen LogP contribution is 2.31. The Hall–Kier alpha value is -3.35. The second-order valence-electron chi connectivity index (χ2n) is 19.5. The number of Topliss-reactive ketones (excluding diaryl/α,β-unsaturated/α-hetero) is 1. The minimum Gasteiger partial charge on any atom is -0.379 e. The predicted molar refractivity (Wildman–Crippen MR) is 240 cm³/mol. The quantitative estimate of drug-likeness (QED) is 0.108. The van der Waals surface area contributed by atoms with Crippen LogP contribution >= 0.6 is 0 Å². The molecule has 1 heterocycles. The van der Waals surface area contributed by atoms with E-state index in [9.17, 15) is 24.0 Å². The first-order chi connectivity index (χ1) is 28.1. The van der Waals surface area contributed by atoms with Gasteiger partial charge in [-0.3, -0.25) is 28.9 Å². The number of amides is 4. The molecule has 12 nitrogen and oxygen atoms in total. The summed E-state index contributed by atoms with van der Waals surface area (Å²) in [7, 11) is 8.62. The number of likely N-dealkylation sites (N-methyl/N-ethyl adjacent to an activating group) is 2. The van der Waals surface area contributed by atoms with Gasteiger partial charge in [-0.1, -0.05) is 106 Å². The number of hydrogen-bond donors (Lipinski definition) is 2. The van der Waals surface area contributed by atoms with Gasteiger partial charge in [0.2, 0.25) is 23.6 Å². The zero-order valence-corrected chi connectivity index (χ0v) is 40.0. The Morgan fingerprint density at radius 2 is 1.52 bits per heavy atom. The van der Waals surface area contributed by atoms with E-state index in [-0.39, 0.29) is 71.5 Å². The van der Waals surface area contributed by atoms with Crippen molar-refractivity contribution in [3.05, 3.63) is 35.9 Å². The van der Waals surface area contributed by atoms with E-state index in [1.54, 1.807) is 26.2 Å². The van der Waals surface area contributed by atoms with Gasteiger partial charge in [0, 0.05) is 52.6 Å². The number of benzene rings is 1. The van der Waals surface area contributed by atoms with Gasteiger partial charge in [0.25, 0.3) is 0 Å². The number of nitrogens with one attached hydrogen (secondary N) is 2. The SMILES string of the molecule is CC[C@H](C)[C@@H]([C@@H](CC(=O)N1CCC[C@H]1[C@H](OC)[C@@H](C)C(=O)C[C@@H](Cc1ccccc1)C(=O)NCCCC(C)(C)C)OC)N(C)C(=O)[C@@H](NC(=O)[C@H](C(C)C)N(C)C)C(C)C. The van der Waals surface area contributed by atoms with E-state index >= 15 is 0 Å². The van der Waals surface area contributed by atoms with Gasteiger partial charge in [-0.2, -0.15) is 0 Å². The van der Waals surface area contributed by atoms with E-state index in [0.717, 1.165) is 31.2 Å². The summed E-state index contributed by atoms with van der Waals surface area (Å²) >= 11 is 0. The van der Waals surface area contributed by atoms with Gasteiger partial charge >= 0.3 is 0 Å². The smallest absolute Gasteiger partial charge is 0.245 e. The maximum absolute atomic E-state index is 14.4. The number of rotatable bonds is 25. The van der Waals surface area contributed by atoms with E-state index in [0.29, 0.717) is 25.9 Å². The van der Waals surface area contributed by atoms with Crippen LogP contribution in [0.2, 0.25) is 0 Å². The Morgan fingerprint density at radius 1 is 0.883 bits per heavy atom. The second kappa shape index (κ2) is 24.9. The van der Waals surface area contributed by atoms with Gasteiger partial charge in [0.15, 0.2) is 0 Å². The number of carbonyl (C=O) groups is 5. The molecule has 1 aromatic carbocycles. The van der Waals surface area contributed by atoms with Crippen molar-refractivity contribution in [2.24, 2.45) is 35.0 Å². The monoisotopic (exact) mass is 842 g/mol. The van der Waals surface area contributed by atoms with E-state index in [2.05, 4.69) is 45.3 Å². The van der Waals surface area contributed by atoms with Gasteiger partial charge < -0.3 is 29.9 Å². The molecule has 0 aromatic heterocycles. The average molecular weight is 842 g/mol. The van der Waals surface area contributed by atoms with E-state index < -0.39 is 42.2 Å². The van der Waals surface area contributed by atoms with E-state index in [1.165, 1.54) is 0 Å². The molecular formula is C48H83N5O7. The van der Waals surface area contributed by atoms with Crippen LogP contribution in [0.3, 0.4) is 0 Å². The van der Waals surface area contributed by atoms with Crippen LogP contribution in [0.4, 0.5) is 0 Å². The lowest BCUT2D eigenvalue weighted by atomic mass is 9.85. The molecule has 0 spiro atoms. The number of ether oxygens (including phenoxy) is 2. The van der Waals surface area contributed by atoms with Crippen LogP contribution in [0, 0.1) is 35.0 Å². The fourth-order valence-corrected chi connectivity index (χ4v) is 9.00. The molecule has 0 radical (unpaired) electrons. The van der Waals surface area contributed by atoms with Crippen molar-refractivity contribution in [2.75, 3.05) is 48.5 Å². The lowest BCUT2D eigenvalue weighted by Crippen LogP contribution is -2.59. The lowest BCUT2D eigenvalue weighted by Gasteiger charge is -2.41. The normalized spacial score (nSPS) is 18.7. The third kappa shape index (κ3) is 15.5. The number of carbonyl (C=O) groups excluding carboxylic acids is 5. The van der Waals surface area contributed by atoms with Crippen LogP contribution in [0.1, 0.15) is 120 Å². The minimum atomic E-state index is -0.764. The van der Waals surface area contributed by atoms with E-state index in [1.807, 2.05) is 88.8 Å². The van der Waals surface area contributed by atoms with Crippen molar-refractivity contribution in [2.45, 2.75) is 157 Å². The maximum atomic E-state index is 14.4. The first kappa shape index (κ1) is 52.8.